The zero-order valence-electron chi connectivity index (χ0n) is 11.4. The lowest BCUT2D eigenvalue weighted by molar-refractivity contribution is -0.137. The van der Waals surface area contributed by atoms with E-state index in [0.717, 1.165) is 18.9 Å². The van der Waals surface area contributed by atoms with Crippen molar-refractivity contribution in [2.45, 2.75) is 25.1 Å². The molecule has 2 rings (SSSR count). The number of benzene rings is 1. The Morgan fingerprint density at radius 1 is 1.29 bits per heavy atom. The van der Waals surface area contributed by atoms with Gasteiger partial charge in [-0.3, -0.25) is 0 Å². The third kappa shape index (κ3) is 4.31. The molecule has 1 unspecified atom stereocenters. The highest BCUT2D eigenvalue weighted by atomic mass is 79.9. The van der Waals surface area contributed by atoms with Gasteiger partial charge in [-0.25, -0.2) is 0 Å². The van der Waals surface area contributed by atoms with E-state index < -0.39 is 11.7 Å². The number of rotatable bonds is 5. The lowest BCUT2D eigenvalue weighted by atomic mass is 9.99. The molecule has 0 saturated heterocycles. The van der Waals surface area contributed by atoms with Crippen LogP contribution in [0.2, 0.25) is 0 Å². The van der Waals surface area contributed by atoms with E-state index >= 15 is 0 Å². The maximum atomic E-state index is 12.8. The van der Waals surface area contributed by atoms with Crippen molar-refractivity contribution < 1.29 is 13.2 Å². The largest absolute Gasteiger partial charge is 0.416 e. The van der Waals surface area contributed by atoms with Crippen LogP contribution in [0, 0.1) is 0 Å². The van der Waals surface area contributed by atoms with E-state index in [0.29, 0.717) is 10.0 Å². The predicted octanol–water partition coefficient (Wildman–Crippen LogP) is 5.42. The number of aryl methyl sites for hydroxylation is 1. The molecule has 1 aromatic heterocycles. The quantitative estimate of drug-likeness (QED) is 0.732. The monoisotopic (exact) mass is 377 g/mol. The Labute approximate surface area is 134 Å². The molecule has 1 nitrogen and oxygen atoms in total. The van der Waals surface area contributed by atoms with Crippen LogP contribution in [-0.4, -0.2) is 7.05 Å². The van der Waals surface area contributed by atoms with E-state index in [2.05, 4.69) is 21.2 Å². The molecule has 0 aliphatic rings. The summed E-state index contributed by atoms with van der Waals surface area (Å²) in [6.45, 7) is 0. The lowest BCUT2D eigenvalue weighted by Crippen LogP contribution is -2.18. The van der Waals surface area contributed by atoms with E-state index in [1.807, 2.05) is 17.5 Å². The second-order valence-corrected chi connectivity index (χ2v) is 6.58. The molecule has 0 spiro atoms. The van der Waals surface area contributed by atoms with Gasteiger partial charge in [0.05, 0.1) is 5.56 Å². The molecule has 1 aromatic carbocycles. The molecule has 0 radical (unpaired) electrons. The highest BCUT2D eigenvalue weighted by Crippen LogP contribution is 2.35. The van der Waals surface area contributed by atoms with Crippen LogP contribution in [-0.2, 0) is 12.6 Å². The first-order chi connectivity index (χ1) is 9.91. The van der Waals surface area contributed by atoms with Crippen molar-refractivity contribution in [2.24, 2.45) is 0 Å². The van der Waals surface area contributed by atoms with Gasteiger partial charge in [0.15, 0.2) is 0 Å². The molecule has 0 amide bonds. The van der Waals surface area contributed by atoms with E-state index in [1.165, 1.54) is 17.0 Å². The molecule has 0 fully saturated rings. The average molecular weight is 378 g/mol. The summed E-state index contributed by atoms with van der Waals surface area (Å²) in [6.07, 6.45) is -2.73. The van der Waals surface area contributed by atoms with Gasteiger partial charge in [-0.05, 0) is 55.1 Å². The van der Waals surface area contributed by atoms with Crippen LogP contribution < -0.4 is 5.32 Å². The first-order valence-electron chi connectivity index (χ1n) is 6.48. The Bertz CT molecular complexity index is 581. The summed E-state index contributed by atoms with van der Waals surface area (Å²) in [6, 6.07) is 7.68. The van der Waals surface area contributed by atoms with Crippen LogP contribution in [0.25, 0.3) is 0 Å². The van der Waals surface area contributed by atoms with Crippen molar-refractivity contribution in [2.75, 3.05) is 7.05 Å². The van der Waals surface area contributed by atoms with Crippen LogP contribution in [0.5, 0.6) is 0 Å². The van der Waals surface area contributed by atoms with Crippen molar-refractivity contribution in [3.8, 4) is 0 Å². The van der Waals surface area contributed by atoms with Crippen molar-refractivity contribution in [1.82, 2.24) is 5.32 Å². The van der Waals surface area contributed by atoms with Gasteiger partial charge >= 0.3 is 6.18 Å². The third-order valence-corrected chi connectivity index (χ3v) is 4.97. The van der Waals surface area contributed by atoms with Gasteiger partial charge in [-0.1, -0.05) is 22.0 Å². The topological polar surface area (TPSA) is 12.0 Å². The fraction of sp³-hybridized carbons (Fsp3) is 0.333. The Balaban J connectivity index is 2.20. The second-order valence-electron chi connectivity index (χ2n) is 4.69. The van der Waals surface area contributed by atoms with E-state index in [-0.39, 0.29) is 6.04 Å². The molecule has 0 bridgehead atoms. The highest BCUT2D eigenvalue weighted by Gasteiger charge is 2.31. The van der Waals surface area contributed by atoms with Crippen LogP contribution in [0.15, 0.2) is 40.2 Å². The summed E-state index contributed by atoms with van der Waals surface area (Å²) in [5, 5.41) is 5.11. The molecule has 0 aliphatic heterocycles. The smallest absolute Gasteiger partial charge is 0.313 e. The average Bonchev–Trinajstić information content (AvgIpc) is 2.93. The van der Waals surface area contributed by atoms with E-state index in [9.17, 15) is 13.2 Å². The number of hydrogen-bond donors (Lipinski definition) is 1. The van der Waals surface area contributed by atoms with Gasteiger partial charge in [0.1, 0.15) is 0 Å². The van der Waals surface area contributed by atoms with Crippen LogP contribution in [0.3, 0.4) is 0 Å². The molecule has 2 aromatic rings. The van der Waals surface area contributed by atoms with Crippen LogP contribution in [0.4, 0.5) is 13.2 Å². The summed E-state index contributed by atoms with van der Waals surface area (Å²) < 4.78 is 39.2. The molecule has 1 heterocycles. The summed E-state index contributed by atoms with van der Waals surface area (Å²) in [5.41, 5.74) is 0.0287. The molecular weight excluding hydrogens is 363 g/mol. The van der Waals surface area contributed by atoms with Crippen molar-refractivity contribution >= 4 is 27.3 Å². The normalized spacial score (nSPS) is 13.4. The first-order valence-corrected chi connectivity index (χ1v) is 8.15. The van der Waals surface area contributed by atoms with E-state index in [1.54, 1.807) is 18.4 Å². The van der Waals surface area contributed by atoms with Crippen LogP contribution >= 0.6 is 27.3 Å². The fourth-order valence-corrected chi connectivity index (χ4v) is 3.43. The molecule has 1 N–H and O–H groups in total. The maximum absolute atomic E-state index is 12.8. The highest BCUT2D eigenvalue weighted by molar-refractivity contribution is 9.10. The third-order valence-electron chi connectivity index (χ3n) is 3.31. The molecule has 0 aliphatic carbocycles. The fourth-order valence-electron chi connectivity index (χ4n) is 2.18. The van der Waals surface area contributed by atoms with Gasteiger partial charge in [0, 0.05) is 15.4 Å². The number of alkyl halides is 3. The molecule has 21 heavy (non-hydrogen) atoms. The Morgan fingerprint density at radius 2 is 2.05 bits per heavy atom. The molecular formula is C15H15BrF3NS. The minimum absolute atomic E-state index is 0.122. The number of nitrogens with one attached hydrogen (secondary N) is 1. The number of thiophene rings is 1. The van der Waals surface area contributed by atoms with Crippen molar-refractivity contribution in [3.05, 3.63) is 56.2 Å². The Morgan fingerprint density at radius 3 is 2.62 bits per heavy atom. The maximum Gasteiger partial charge on any atom is 0.416 e. The molecule has 6 heteroatoms. The predicted molar refractivity (Wildman–Crippen MR) is 83.6 cm³/mol. The van der Waals surface area contributed by atoms with E-state index in [4.69, 9.17) is 0 Å². The summed E-state index contributed by atoms with van der Waals surface area (Å²) >= 11 is 5.02. The minimum atomic E-state index is -4.32. The molecule has 0 saturated carbocycles. The van der Waals surface area contributed by atoms with Gasteiger partial charge in [0.2, 0.25) is 0 Å². The Hall–Kier alpha value is -0.850. The van der Waals surface area contributed by atoms with Gasteiger partial charge in [-0.15, -0.1) is 11.3 Å². The molecule has 1 atom stereocenters. The zero-order valence-corrected chi connectivity index (χ0v) is 13.8. The number of hydrogen-bond acceptors (Lipinski definition) is 2. The summed E-state index contributed by atoms with van der Waals surface area (Å²) in [7, 11) is 1.77. The number of halogens is 4. The second kappa shape index (κ2) is 6.94. The summed E-state index contributed by atoms with van der Waals surface area (Å²) in [5.74, 6) is 0. The van der Waals surface area contributed by atoms with Crippen molar-refractivity contribution in [1.29, 1.82) is 0 Å². The SMILES string of the molecule is CNC(CCc1cccs1)c1cc(C(F)(F)F)ccc1Br. The van der Waals surface area contributed by atoms with Gasteiger partial charge in [-0.2, -0.15) is 13.2 Å². The van der Waals surface area contributed by atoms with Crippen LogP contribution in [0.1, 0.15) is 28.5 Å². The summed E-state index contributed by atoms with van der Waals surface area (Å²) in [4.78, 5) is 1.23. The van der Waals surface area contributed by atoms with Crippen molar-refractivity contribution in [3.63, 3.8) is 0 Å². The first kappa shape index (κ1) is 16.5. The van der Waals surface area contributed by atoms with Gasteiger partial charge in [0.25, 0.3) is 0 Å². The lowest BCUT2D eigenvalue weighted by Gasteiger charge is -2.19. The van der Waals surface area contributed by atoms with Gasteiger partial charge < -0.3 is 5.32 Å². The molecule has 114 valence electrons. The zero-order chi connectivity index (χ0) is 15.5. The minimum Gasteiger partial charge on any atom is -0.313 e. The standard InChI is InChI=1S/C15H15BrF3NS/c1-20-14(7-5-11-3-2-8-21-11)12-9-10(15(17,18)19)4-6-13(12)16/h2-4,6,8-9,14,20H,5,7H2,1H3. The Kier molecular flexibility index (Phi) is 5.46.